The Morgan fingerprint density at radius 1 is 1.38 bits per heavy atom. The Morgan fingerprint density at radius 2 is 2.00 bits per heavy atom. The topological polar surface area (TPSA) is 29.1 Å². The summed E-state index contributed by atoms with van der Waals surface area (Å²) in [5.41, 5.74) is -0.183. The molecule has 2 atom stereocenters. The summed E-state index contributed by atoms with van der Waals surface area (Å²) in [5, 5.41) is 3.36. The van der Waals surface area contributed by atoms with E-state index in [1.807, 2.05) is 20.8 Å². The minimum Gasteiger partial charge on any atom is -0.314 e. The van der Waals surface area contributed by atoms with Crippen LogP contribution in [0.2, 0.25) is 0 Å². The first-order valence-corrected chi connectivity index (χ1v) is 5.20. The molecule has 0 spiro atoms. The van der Waals surface area contributed by atoms with Crippen molar-refractivity contribution in [3.8, 4) is 0 Å². The zero-order chi connectivity index (χ0) is 10.1. The van der Waals surface area contributed by atoms with Crippen LogP contribution in [0.3, 0.4) is 0 Å². The van der Waals surface area contributed by atoms with Crippen LogP contribution in [0, 0.1) is 11.3 Å². The lowest BCUT2D eigenvalue weighted by molar-refractivity contribution is -0.132. The van der Waals surface area contributed by atoms with Crippen molar-refractivity contribution in [2.75, 3.05) is 6.54 Å². The van der Waals surface area contributed by atoms with E-state index in [4.69, 9.17) is 0 Å². The number of Topliss-reactive ketones (excluding diaryl/α,β-unsaturated/α-hetero) is 1. The molecule has 0 aromatic heterocycles. The second-order valence-corrected chi connectivity index (χ2v) is 5.11. The molecule has 2 nitrogen and oxygen atoms in total. The van der Waals surface area contributed by atoms with Crippen molar-refractivity contribution in [1.82, 2.24) is 5.32 Å². The Bertz CT molecular complexity index is 193. The minimum atomic E-state index is -0.183. The van der Waals surface area contributed by atoms with E-state index < -0.39 is 0 Å². The number of hydrogen-bond acceptors (Lipinski definition) is 2. The first-order chi connectivity index (χ1) is 5.93. The molecule has 1 aliphatic heterocycles. The minimum absolute atomic E-state index is 0.183. The van der Waals surface area contributed by atoms with E-state index >= 15 is 0 Å². The van der Waals surface area contributed by atoms with Crippen molar-refractivity contribution in [3.05, 3.63) is 0 Å². The average Bonchev–Trinajstić information content (AvgIpc) is 2.02. The Hall–Kier alpha value is -0.370. The van der Waals surface area contributed by atoms with Gasteiger partial charge < -0.3 is 5.32 Å². The molecule has 1 heterocycles. The Labute approximate surface area is 81.1 Å². The molecule has 1 rings (SSSR count). The van der Waals surface area contributed by atoms with E-state index in [-0.39, 0.29) is 11.3 Å². The lowest BCUT2D eigenvalue weighted by Crippen LogP contribution is -2.45. The van der Waals surface area contributed by atoms with Gasteiger partial charge in [-0.15, -0.1) is 0 Å². The van der Waals surface area contributed by atoms with Crippen LogP contribution in [0.15, 0.2) is 0 Å². The summed E-state index contributed by atoms with van der Waals surface area (Å²) < 4.78 is 0. The van der Waals surface area contributed by atoms with Gasteiger partial charge in [0.05, 0.1) is 0 Å². The zero-order valence-electron chi connectivity index (χ0n) is 9.18. The quantitative estimate of drug-likeness (QED) is 0.673. The molecule has 0 aliphatic carbocycles. The van der Waals surface area contributed by atoms with Crippen LogP contribution in [0.5, 0.6) is 0 Å². The van der Waals surface area contributed by atoms with Crippen LogP contribution < -0.4 is 5.32 Å². The predicted molar refractivity (Wildman–Crippen MR) is 54.7 cm³/mol. The van der Waals surface area contributed by atoms with E-state index in [1.54, 1.807) is 0 Å². The third-order valence-corrected chi connectivity index (χ3v) is 2.84. The number of piperidine rings is 1. The monoisotopic (exact) mass is 183 g/mol. The maximum Gasteiger partial charge on any atom is 0.142 e. The summed E-state index contributed by atoms with van der Waals surface area (Å²) in [4.78, 5) is 12.0. The second-order valence-electron chi connectivity index (χ2n) is 5.11. The maximum atomic E-state index is 12.0. The number of ketones is 1. The molecule has 0 bridgehead atoms. The highest BCUT2D eigenvalue weighted by atomic mass is 16.1. The molecule has 0 saturated carbocycles. The van der Waals surface area contributed by atoms with Gasteiger partial charge >= 0.3 is 0 Å². The summed E-state index contributed by atoms with van der Waals surface area (Å²) in [5.74, 6) is 0.640. The standard InChI is InChI=1S/C11H21NO/c1-8-9(6-5-7-12-8)10(13)11(2,3)4/h8-9,12H,5-7H2,1-4H3/t8-,9-/m0/s1. The largest absolute Gasteiger partial charge is 0.314 e. The number of nitrogens with one attached hydrogen (secondary N) is 1. The second kappa shape index (κ2) is 3.79. The lowest BCUT2D eigenvalue weighted by atomic mass is 9.77. The molecular weight excluding hydrogens is 162 g/mol. The highest BCUT2D eigenvalue weighted by Crippen LogP contribution is 2.27. The van der Waals surface area contributed by atoms with Crippen LogP contribution in [0.1, 0.15) is 40.5 Å². The average molecular weight is 183 g/mol. The van der Waals surface area contributed by atoms with Gasteiger partial charge in [0.1, 0.15) is 5.78 Å². The van der Waals surface area contributed by atoms with Crippen LogP contribution >= 0.6 is 0 Å². The molecule has 2 heteroatoms. The van der Waals surface area contributed by atoms with Crippen molar-refractivity contribution in [2.45, 2.75) is 46.6 Å². The molecule has 0 aromatic carbocycles. The van der Waals surface area contributed by atoms with Crippen molar-refractivity contribution in [2.24, 2.45) is 11.3 Å². The molecule has 0 radical (unpaired) electrons. The van der Waals surface area contributed by atoms with E-state index in [2.05, 4.69) is 12.2 Å². The predicted octanol–water partition coefficient (Wildman–Crippen LogP) is 1.99. The fraction of sp³-hybridized carbons (Fsp3) is 0.909. The fourth-order valence-corrected chi connectivity index (χ4v) is 1.96. The van der Waals surface area contributed by atoms with Crippen LogP contribution in [-0.2, 0) is 4.79 Å². The first kappa shape index (κ1) is 10.7. The van der Waals surface area contributed by atoms with Gasteiger partial charge in [0.25, 0.3) is 0 Å². The lowest BCUT2D eigenvalue weighted by Gasteiger charge is -2.33. The van der Waals surface area contributed by atoms with Crippen LogP contribution in [-0.4, -0.2) is 18.4 Å². The van der Waals surface area contributed by atoms with Gasteiger partial charge in [0.2, 0.25) is 0 Å². The third kappa shape index (κ3) is 2.53. The summed E-state index contributed by atoms with van der Waals surface area (Å²) in [6.45, 7) is 9.21. The Kier molecular flexibility index (Phi) is 3.12. The molecule has 0 amide bonds. The Balaban J connectivity index is 2.64. The van der Waals surface area contributed by atoms with Gasteiger partial charge in [-0.25, -0.2) is 0 Å². The van der Waals surface area contributed by atoms with Crippen molar-refractivity contribution in [3.63, 3.8) is 0 Å². The molecule has 1 N–H and O–H groups in total. The van der Waals surface area contributed by atoms with Crippen LogP contribution in [0.4, 0.5) is 0 Å². The molecule has 0 unspecified atom stereocenters. The molecule has 76 valence electrons. The first-order valence-electron chi connectivity index (χ1n) is 5.20. The van der Waals surface area contributed by atoms with Crippen molar-refractivity contribution in [1.29, 1.82) is 0 Å². The van der Waals surface area contributed by atoms with Crippen molar-refractivity contribution < 1.29 is 4.79 Å². The third-order valence-electron chi connectivity index (χ3n) is 2.84. The SMILES string of the molecule is C[C@@H]1NCCC[C@@H]1C(=O)C(C)(C)C. The van der Waals surface area contributed by atoms with Crippen LogP contribution in [0.25, 0.3) is 0 Å². The molecule has 1 fully saturated rings. The van der Waals surface area contributed by atoms with Gasteiger partial charge in [-0.2, -0.15) is 0 Å². The smallest absolute Gasteiger partial charge is 0.142 e. The molecule has 1 aliphatic rings. The maximum absolute atomic E-state index is 12.0. The number of carbonyl (C=O) groups excluding carboxylic acids is 1. The number of hydrogen-bond donors (Lipinski definition) is 1. The summed E-state index contributed by atoms with van der Waals surface area (Å²) in [7, 11) is 0. The molecular formula is C11H21NO. The number of carbonyl (C=O) groups is 1. The van der Waals surface area contributed by atoms with E-state index in [9.17, 15) is 4.79 Å². The van der Waals surface area contributed by atoms with Gasteiger partial charge in [0.15, 0.2) is 0 Å². The summed E-state index contributed by atoms with van der Waals surface area (Å²) >= 11 is 0. The van der Waals surface area contributed by atoms with Gasteiger partial charge in [-0.05, 0) is 26.3 Å². The van der Waals surface area contributed by atoms with Crippen molar-refractivity contribution >= 4 is 5.78 Å². The zero-order valence-corrected chi connectivity index (χ0v) is 9.18. The summed E-state index contributed by atoms with van der Waals surface area (Å²) in [6.07, 6.45) is 2.20. The van der Waals surface area contributed by atoms with E-state index in [1.165, 1.54) is 0 Å². The Morgan fingerprint density at radius 3 is 2.46 bits per heavy atom. The van der Waals surface area contributed by atoms with E-state index in [0.717, 1.165) is 19.4 Å². The molecule has 13 heavy (non-hydrogen) atoms. The van der Waals surface area contributed by atoms with Gasteiger partial charge in [0, 0.05) is 17.4 Å². The highest BCUT2D eigenvalue weighted by Gasteiger charge is 2.34. The fourth-order valence-electron chi connectivity index (χ4n) is 1.96. The number of rotatable bonds is 1. The summed E-state index contributed by atoms with van der Waals surface area (Å²) in [6, 6.07) is 0.362. The normalized spacial score (nSPS) is 30.2. The molecule has 0 aromatic rings. The van der Waals surface area contributed by atoms with E-state index in [0.29, 0.717) is 11.8 Å². The van der Waals surface area contributed by atoms with Gasteiger partial charge in [-0.1, -0.05) is 20.8 Å². The highest BCUT2D eigenvalue weighted by molar-refractivity contribution is 5.86. The molecule has 1 saturated heterocycles. The van der Waals surface area contributed by atoms with Gasteiger partial charge in [-0.3, -0.25) is 4.79 Å².